The van der Waals surface area contributed by atoms with Crippen LogP contribution in [0.5, 0.6) is 0 Å². The summed E-state index contributed by atoms with van der Waals surface area (Å²) in [5, 5.41) is 2.70. The van der Waals surface area contributed by atoms with Crippen LogP contribution in [0.2, 0.25) is 0 Å². The summed E-state index contributed by atoms with van der Waals surface area (Å²) in [4.78, 5) is 0. The molecule has 3 aromatic carbocycles. The molecule has 0 heteroatoms. The van der Waals surface area contributed by atoms with E-state index < -0.39 is 0 Å². The molecule has 0 amide bonds. The van der Waals surface area contributed by atoms with Gasteiger partial charge in [-0.15, -0.1) is 0 Å². The van der Waals surface area contributed by atoms with Crippen molar-refractivity contribution in [3.05, 3.63) is 89.3 Å². The molecule has 0 saturated carbocycles. The zero-order chi connectivity index (χ0) is 15.5. The summed E-state index contributed by atoms with van der Waals surface area (Å²) in [6, 6.07) is 24.2. The lowest BCUT2D eigenvalue weighted by molar-refractivity contribution is 0.729. The lowest BCUT2D eigenvalue weighted by Crippen LogP contribution is -2.07. The van der Waals surface area contributed by atoms with Gasteiger partial charge >= 0.3 is 0 Å². The Bertz CT molecular complexity index is 747. The normalized spacial score (nSPS) is 12.7. The van der Waals surface area contributed by atoms with Gasteiger partial charge in [-0.1, -0.05) is 86.1 Å². The first-order valence-corrected chi connectivity index (χ1v) is 8.00. The monoisotopic (exact) mass is 287 g/mol. The maximum Gasteiger partial charge on any atom is -0.0128 e. The third kappa shape index (κ3) is 3.06. The van der Waals surface area contributed by atoms with E-state index in [9.17, 15) is 0 Å². The van der Waals surface area contributed by atoms with Gasteiger partial charge in [0.25, 0.3) is 0 Å². The fraction of sp³-hybridized carbons (Fsp3) is 0.227. The molecular formula is C22H23. The maximum atomic E-state index is 2.31. The van der Waals surface area contributed by atoms with Gasteiger partial charge in [-0.2, -0.15) is 0 Å². The second kappa shape index (κ2) is 6.36. The zero-order valence-electron chi connectivity index (χ0n) is 13.6. The van der Waals surface area contributed by atoms with Crippen LogP contribution in [0.3, 0.4) is 0 Å². The molecule has 111 valence electrons. The molecule has 0 bridgehead atoms. The number of fused-ring (bicyclic) bond motifs is 1. The van der Waals surface area contributed by atoms with E-state index >= 15 is 0 Å². The number of benzene rings is 3. The van der Waals surface area contributed by atoms with Gasteiger partial charge in [0.1, 0.15) is 0 Å². The molecule has 1 unspecified atom stereocenters. The molecule has 22 heavy (non-hydrogen) atoms. The summed E-state index contributed by atoms with van der Waals surface area (Å²) in [5.41, 5.74) is 4.15. The maximum absolute atomic E-state index is 2.31. The molecule has 0 aliphatic heterocycles. The summed E-state index contributed by atoms with van der Waals surface area (Å²) in [6.45, 7) is 6.73. The Balaban J connectivity index is 1.83. The molecule has 0 saturated heterocycles. The molecule has 0 heterocycles. The first-order valence-electron chi connectivity index (χ1n) is 8.00. The highest BCUT2D eigenvalue weighted by Crippen LogP contribution is 2.31. The highest BCUT2D eigenvalue weighted by Gasteiger charge is 2.16. The third-order valence-corrected chi connectivity index (χ3v) is 4.67. The molecule has 0 fully saturated rings. The first kappa shape index (κ1) is 14.8. The number of rotatable bonds is 4. The number of aryl methyl sites for hydroxylation is 1. The van der Waals surface area contributed by atoms with Crippen molar-refractivity contribution >= 4 is 10.8 Å². The van der Waals surface area contributed by atoms with Crippen molar-refractivity contribution in [2.45, 2.75) is 33.1 Å². The molecule has 3 rings (SSSR count). The van der Waals surface area contributed by atoms with E-state index in [2.05, 4.69) is 87.5 Å². The van der Waals surface area contributed by atoms with Crippen molar-refractivity contribution in [1.82, 2.24) is 0 Å². The average molecular weight is 287 g/mol. The highest BCUT2D eigenvalue weighted by molar-refractivity contribution is 5.85. The van der Waals surface area contributed by atoms with E-state index in [1.807, 2.05) is 0 Å². The van der Waals surface area contributed by atoms with Crippen molar-refractivity contribution in [3.63, 3.8) is 0 Å². The van der Waals surface area contributed by atoms with Crippen molar-refractivity contribution in [2.24, 2.45) is 0 Å². The average Bonchev–Trinajstić information content (AvgIpc) is 2.55. The Morgan fingerprint density at radius 2 is 1.55 bits per heavy atom. The second-order valence-corrected chi connectivity index (χ2v) is 6.29. The van der Waals surface area contributed by atoms with Gasteiger partial charge in [0.2, 0.25) is 0 Å². The van der Waals surface area contributed by atoms with Crippen molar-refractivity contribution < 1.29 is 0 Å². The molecular weight excluding hydrogens is 264 g/mol. The van der Waals surface area contributed by atoms with E-state index in [0.29, 0.717) is 5.92 Å². The van der Waals surface area contributed by atoms with Crippen molar-refractivity contribution in [1.29, 1.82) is 0 Å². The van der Waals surface area contributed by atoms with Crippen LogP contribution in [-0.4, -0.2) is 0 Å². The van der Waals surface area contributed by atoms with Gasteiger partial charge < -0.3 is 0 Å². The van der Waals surface area contributed by atoms with Crippen LogP contribution in [0, 0.1) is 12.8 Å². The summed E-state index contributed by atoms with van der Waals surface area (Å²) >= 11 is 0. The van der Waals surface area contributed by atoms with Crippen LogP contribution in [0.25, 0.3) is 10.8 Å². The summed E-state index contributed by atoms with van der Waals surface area (Å²) in [5.74, 6) is 2.00. The SMILES string of the molecule is C[C](Cc1cccc2ccccc12)C(C)c1ccc(C)cc1. The number of hydrogen-bond donors (Lipinski definition) is 0. The van der Waals surface area contributed by atoms with E-state index in [1.54, 1.807) is 0 Å². The van der Waals surface area contributed by atoms with Crippen LogP contribution in [0.1, 0.15) is 36.5 Å². The lowest BCUT2D eigenvalue weighted by atomic mass is 9.83. The predicted molar refractivity (Wildman–Crippen MR) is 96.2 cm³/mol. The minimum absolute atomic E-state index is 0.486. The lowest BCUT2D eigenvalue weighted by Gasteiger charge is -2.21. The molecule has 0 aliphatic carbocycles. The Hall–Kier alpha value is -2.08. The molecule has 0 spiro atoms. The summed E-state index contributed by atoms with van der Waals surface area (Å²) in [7, 11) is 0. The predicted octanol–water partition coefficient (Wildman–Crippen LogP) is 6.09. The third-order valence-electron chi connectivity index (χ3n) is 4.67. The Morgan fingerprint density at radius 1 is 0.864 bits per heavy atom. The fourth-order valence-corrected chi connectivity index (χ4v) is 3.04. The smallest absolute Gasteiger partial charge is 0.0128 e. The molecule has 1 atom stereocenters. The minimum atomic E-state index is 0.486. The Morgan fingerprint density at radius 3 is 2.32 bits per heavy atom. The summed E-state index contributed by atoms with van der Waals surface area (Å²) in [6.07, 6.45) is 1.04. The van der Waals surface area contributed by atoms with Gasteiger partial charge in [-0.25, -0.2) is 0 Å². The highest BCUT2D eigenvalue weighted by atomic mass is 14.2. The fourth-order valence-electron chi connectivity index (χ4n) is 3.04. The van der Waals surface area contributed by atoms with Gasteiger partial charge in [-0.3, -0.25) is 0 Å². The van der Waals surface area contributed by atoms with E-state index in [0.717, 1.165) is 6.42 Å². The van der Waals surface area contributed by atoms with Crippen LogP contribution in [0.4, 0.5) is 0 Å². The van der Waals surface area contributed by atoms with Crippen molar-refractivity contribution in [2.75, 3.05) is 0 Å². The molecule has 0 nitrogen and oxygen atoms in total. The van der Waals surface area contributed by atoms with Gasteiger partial charge in [0, 0.05) is 0 Å². The standard InChI is InChI=1S/C22H23/c1-16-11-13-19(14-12-16)18(3)17(2)15-21-9-6-8-20-7-4-5-10-22(20)21/h4-14,18H,15H2,1-3H3. The van der Waals surface area contributed by atoms with E-state index in [-0.39, 0.29) is 0 Å². The Kier molecular flexibility index (Phi) is 4.29. The molecule has 1 radical (unpaired) electrons. The molecule has 3 aromatic rings. The van der Waals surface area contributed by atoms with E-state index in [1.165, 1.54) is 33.4 Å². The van der Waals surface area contributed by atoms with Crippen LogP contribution in [0.15, 0.2) is 66.7 Å². The van der Waals surface area contributed by atoms with Crippen molar-refractivity contribution in [3.8, 4) is 0 Å². The van der Waals surface area contributed by atoms with Gasteiger partial charge in [0.15, 0.2) is 0 Å². The minimum Gasteiger partial charge on any atom is -0.0616 e. The first-order chi connectivity index (χ1) is 10.6. The number of hydrogen-bond acceptors (Lipinski definition) is 0. The van der Waals surface area contributed by atoms with Gasteiger partial charge in [0.05, 0.1) is 0 Å². The van der Waals surface area contributed by atoms with Crippen LogP contribution < -0.4 is 0 Å². The Labute approximate surface area is 133 Å². The summed E-state index contributed by atoms with van der Waals surface area (Å²) < 4.78 is 0. The van der Waals surface area contributed by atoms with Crippen LogP contribution >= 0.6 is 0 Å². The zero-order valence-corrected chi connectivity index (χ0v) is 13.6. The topological polar surface area (TPSA) is 0 Å². The quantitative estimate of drug-likeness (QED) is 0.544. The largest absolute Gasteiger partial charge is 0.0616 e. The van der Waals surface area contributed by atoms with E-state index in [4.69, 9.17) is 0 Å². The second-order valence-electron chi connectivity index (χ2n) is 6.29. The molecule has 0 aromatic heterocycles. The van der Waals surface area contributed by atoms with Gasteiger partial charge in [-0.05, 0) is 47.1 Å². The molecule has 0 aliphatic rings. The van der Waals surface area contributed by atoms with Crippen LogP contribution in [-0.2, 0) is 6.42 Å². The molecule has 0 N–H and O–H groups in total.